The van der Waals surface area contributed by atoms with Crippen molar-refractivity contribution in [1.29, 1.82) is 0 Å². The van der Waals surface area contributed by atoms with Crippen LogP contribution in [-0.2, 0) is 0 Å². The molecule has 3 heteroatoms. The zero-order valence-electron chi connectivity index (χ0n) is 11.0. The Kier molecular flexibility index (Phi) is 5.33. The third-order valence-corrected chi connectivity index (χ3v) is 3.81. The second-order valence-corrected chi connectivity index (χ2v) is 5.66. The lowest BCUT2D eigenvalue weighted by Crippen LogP contribution is -2.36. The number of hydrogen-bond donors (Lipinski definition) is 1. The Hall–Kier alpha value is -0.730. The van der Waals surface area contributed by atoms with Gasteiger partial charge in [-0.3, -0.25) is 0 Å². The van der Waals surface area contributed by atoms with Crippen LogP contribution in [0.15, 0.2) is 24.3 Å². The number of hydrogen-bond acceptors (Lipinski definition) is 2. The molecular formula is C15H22ClNO. The number of halogens is 1. The first-order chi connectivity index (χ1) is 8.74. The highest BCUT2D eigenvalue weighted by Gasteiger charge is 2.17. The predicted octanol–water partition coefficient (Wildman–Crippen LogP) is 3.89. The maximum absolute atomic E-state index is 5.82. The fraction of sp³-hybridized carbons (Fsp3) is 0.600. The van der Waals surface area contributed by atoms with Gasteiger partial charge in [0.1, 0.15) is 12.4 Å². The molecule has 1 fully saturated rings. The van der Waals surface area contributed by atoms with E-state index in [1.165, 1.54) is 25.7 Å². The van der Waals surface area contributed by atoms with E-state index in [0.29, 0.717) is 12.6 Å². The van der Waals surface area contributed by atoms with Crippen molar-refractivity contribution in [2.24, 2.45) is 5.92 Å². The molecule has 2 atom stereocenters. The van der Waals surface area contributed by atoms with E-state index in [0.717, 1.165) is 23.2 Å². The monoisotopic (exact) mass is 267 g/mol. The molecule has 100 valence electrons. The summed E-state index contributed by atoms with van der Waals surface area (Å²) in [6, 6.07) is 8.21. The molecule has 2 nitrogen and oxygen atoms in total. The lowest BCUT2D eigenvalue weighted by molar-refractivity contribution is 0.266. The van der Waals surface area contributed by atoms with Gasteiger partial charge < -0.3 is 10.1 Å². The first-order valence-corrected chi connectivity index (χ1v) is 7.23. The van der Waals surface area contributed by atoms with Gasteiger partial charge in [0.25, 0.3) is 0 Å². The Morgan fingerprint density at radius 2 is 2.06 bits per heavy atom. The largest absolute Gasteiger partial charge is 0.492 e. The van der Waals surface area contributed by atoms with Gasteiger partial charge in [-0.25, -0.2) is 0 Å². The summed E-state index contributed by atoms with van der Waals surface area (Å²) < 4.78 is 5.66. The van der Waals surface area contributed by atoms with Crippen LogP contribution in [0.4, 0.5) is 0 Å². The lowest BCUT2D eigenvalue weighted by atomic mass is 9.87. The number of ether oxygens (including phenoxy) is 1. The molecule has 0 bridgehead atoms. The first kappa shape index (κ1) is 13.7. The molecule has 0 amide bonds. The van der Waals surface area contributed by atoms with E-state index >= 15 is 0 Å². The van der Waals surface area contributed by atoms with Crippen LogP contribution in [0.2, 0.25) is 5.02 Å². The van der Waals surface area contributed by atoms with Gasteiger partial charge >= 0.3 is 0 Å². The molecule has 2 rings (SSSR count). The Morgan fingerprint density at radius 3 is 2.78 bits per heavy atom. The smallest absolute Gasteiger partial charge is 0.119 e. The molecule has 0 spiro atoms. The third-order valence-electron chi connectivity index (χ3n) is 3.55. The van der Waals surface area contributed by atoms with E-state index in [2.05, 4.69) is 12.2 Å². The van der Waals surface area contributed by atoms with Gasteiger partial charge in [0.15, 0.2) is 0 Å². The molecule has 1 aromatic rings. The lowest BCUT2D eigenvalue weighted by Gasteiger charge is -2.27. The summed E-state index contributed by atoms with van der Waals surface area (Å²) in [7, 11) is 0. The average molecular weight is 268 g/mol. The second kappa shape index (κ2) is 7.01. The minimum absolute atomic E-state index is 0.683. The molecule has 1 N–H and O–H groups in total. The van der Waals surface area contributed by atoms with E-state index in [1.807, 2.05) is 24.3 Å². The molecule has 1 aromatic carbocycles. The number of benzene rings is 1. The normalized spacial score (nSPS) is 23.9. The molecule has 0 heterocycles. The van der Waals surface area contributed by atoms with Crippen LogP contribution in [0.5, 0.6) is 5.75 Å². The van der Waals surface area contributed by atoms with Crippen molar-refractivity contribution in [3.05, 3.63) is 29.3 Å². The molecule has 0 aliphatic heterocycles. The first-order valence-electron chi connectivity index (χ1n) is 6.86. The molecular weight excluding hydrogens is 246 g/mol. The highest BCUT2D eigenvalue weighted by molar-refractivity contribution is 6.30. The third kappa shape index (κ3) is 4.51. The van der Waals surface area contributed by atoms with Crippen molar-refractivity contribution < 1.29 is 4.74 Å². The topological polar surface area (TPSA) is 21.3 Å². The summed E-state index contributed by atoms with van der Waals surface area (Å²) in [4.78, 5) is 0. The Bertz CT molecular complexity index is 352. The predicted molar refractivity (Wildman–Crippen MR) is 76.4 cm³/mol. The summed E-state index contributed by atoms with van der Waals surface area (Å²) >= 11 is 5.82. The van der Waals surface area contributed by atoms with Crippen LogP contribution < -0.4 is 10.1 Å². The van der Waals surface area contributed by atoms with Gasteiger partial charge in [0.2, 0.25) is 0 Å². The molecule has 1 aliphatic rings. The van der Waals surface area contributed by atoms with Crippen molar-refractivity contribution in [1.82, 2.24) is 5.32 Å². The van der Waals surface area contributed by atoms with Crippen molar-refractivity contribution in [3.8, 4) is 5.75 Å². The van der Waals surface area contributed by atoms with Crippen LogP contribution in [0.1, 0.15) is 32.6 Å². The van der Waals surface area contributed by atoms with Crippen LogP contribution in [-0.4, -0.2) is 19.2 Å². The summed E-state index contributed by atoms with van der Waals surface area (Å²) in [5.74, 6) is 1.76. The molecule has 18 heavy (non-hydrogen) atoms. The van der Waals surface area contributed by atoms with Crippen molar-refractivity contribution in [2.75, 3.05) is 13.2 Å². The molecule has 2 unspecified atom stereocenters. The standard InChI is InChI=1S/C15H22ClNO/c1-12-3-2-4-14(11-12)17-9-10-18-15-7-5-13(16)6-8-15/h5-8,12,14,17H,2-4,9-11H2,1H3. The maximum Gasteiger partial charge on any atom is 0.119 e. The summed E-state index contributed by atoms with van der Waals surface area (Å²) in [5.41, 5.74) is 0. The Morgan fingerprint density at radius 1 is 1.28 bits per heavy atom. The van der Waals surface area contributed by atoms with E-state index < -0.39 is 0 Å². The van der Waals surface area contributed by atoms with Crippen LogP contribution in [0.3, 0.4) is 0 Å². The van der Waals surface area contributed by atoms with Gasteiger partial charge in [-0.15, -0.1) is 0 Å². The quantitative estimate of drug-likeness (QED) is 0.818. The van der Waals surface area contributed by atoms with Gasteiger partial charge in [0.05, 0.1) is 0 Å². The zero-order chi connectivity index (χ0) is 12.8. The minimum Gasteiger partial charge on any atom is -0.492 e. The van der Waals surface area contributed by atoms with Gasteiger partial charge in [0, 0.05) is 17.6 Å². The molecule has 1 saturated carbocycles. The minimum atomic E-state index is 0.683. The van der Waals surface area contributed by atoms with Gasteiger partial charge in [-0.1, -0.05) is 31.4 Å². The molecule has 0 saturated heterocycles. The van der Waals surface area contributed by atoms with E-state index in [4.69, 9.17) is 16.3 Å². The van der Waals surface area contributed by atoms with Crippen molar-refractivity contribution >= 4 is 11.6 Å². The van der Waals surface area contributed by atoms with Crippen LogP contribution in [0, 0.1) is 5.92 Å². The summed E-state index contributed by atoms with van der Waals surface area (Å²) in [6.45, 7) is 3.98. The number of nitrogens with one attached hydrogen (secondary N) is 1. The Labute approximate surface area is 115 Å². The van der Waals surface area contributed by atoms with E-state index in [-0.39, 0.29) is 0 Å². The average Bonchev–Trinajstić information content (AvgIpc) is 2.37. The fourth-order valence-electron chi connectivity index (χ4n) is 2.58. The highest BCUT2D eigenvalue weighted by Crippen LogP contribution is 2.23. The zero-order valence-corrected chi connectivity index (χ0v) is 11.7. The van der Waals surface area contributed by atoms with Gasteiger partial charge in [-0.05, 0) is 43.0 Å². The SMILES string of the molecule is CC1CCCC(NCCOc2ccc(Cl)cc2)C1. The molecule has 0 radical (unpaired) electrons. The van der Waals surface area contributed by atoms with Crippen LogP contribution >= 0.6 is 11.6 Å². The Balaban J connectivity index is 1.62. The number of rotatable bonds is 5. The second-order valence-electron chi connectivity index (χ2n) is 5.23. The summed E-state index contributed by atoms with van der Waals surface area (Å²) in [6.07, 6.45) is 5.36. The van der Waals surface area contributed by atoms with Crippen LogP contribution in [0.25, 0.3) is 0 Å². The van der Waals surface area contributed by atoms with Crippen molar-refractivity contribution in [3.63, 3.8) is 0 Å². The highest BCUT2D eigenvalue weighted by atomic mass is 35.5. The maximum atomic E-state index is 5.82. The van der Waals surface area contributed by atoms with E-state index in [1.54, 1.807) is 0 Å². The van der Waals surface area contributed by atoms with Crippen molar-refractivity contribution in [2.45, 2.75) is 38.6 Å². The van der Waals surface area contributed by atoms with Gasteiger partial charge in [-0.2, -0.15) is 0 Å². The molecule has 0 aromatic heterocycles. The summed E-state index contributed by atoms with van der Waals surface area (Å²) in [5, 5.41) is 4.33. The van der Waals surface area contributed by atoms with E-state index in [9.17, 15) is 0 Å². The molecule has 1 aliphatic carbocycles. The fourth-order valence-corrected chi connectivity index (χ4v) is 2.71.